The zero-order chi connectivity index (χ0) is 23.1. The Labute approximate surface area is 190 Å². The second kappa shape index (κ2) is 11.3. The first kappa shape index (κ1) is 24.0. The number of hydrogen-bond donors (Lipinski definition) is 1. The van der Waals surface area contributed by atoms with Crippen LogP contribution in [0.2, 0.25) is 0 Å². The van der Waals surface area contributed by atoms with Crippen molar-refractivity contribution in [2.75, 3.05) is 52.9 Å². The maximum absolute atomic E-state index is 13.0. The second-order valence-corrected chi connectivity index (χ2v) is 8.88. The number of rotatable bonds is 7. The van der Waals surface area contributed by atoms with Gasteiger partial charge in [-0.15, -0.1) is 0 Å². The van der Waals surface area contributed by atoms with Crippen molar-refractivity contribution in [3.63, 3.8) is 0 Å². The van der Waals surface area contributed by atoms with Crippen LogP contribution in [0.1, 0.15) is 43.0 Å². The fraction of sp³-hybridized carbons (Fsp3) is 0.625. The lowest BCUT2D eigenvalue weighted by Gasteiger charge is -2.39. The van der Waals surface area contributed by atoms with Gasteiger partial charge in [-0.3, -0.25) is 14.4 Å². The Kier molecular flexibility index (Phi) is 8.50. The van der Waals surface area contributed by atoms with E-state index in [0.717, 1.165) is 45.6 Å². The first-order valence-electron chi connectivity index (χ1n) is 11.5. The summed E-state index contributed by atoms with van der Waals surface area (Å²) in [6.45, 7) is 6.94. The molecule has 2 heterocycles. The summed E-state index contributed by atoms with van der Waals surface area (Å²) >= 11 is 0. The number of carboxylic acids is 1. The number of aliphatic carboxylic acids is 1. The molecule has 1 aromatic rings. The van der Waals surface area contributed by atoms with Crippen LogP contribution in [0.5, 0.6) is 5.75 Å². The van der Waals surface area contributed by atoms with E-state index in [-0.39, 0.29) is 30.1 Å². The SMILES string of the molecule is COc1ccc(C(=O)N2CCC(CC(=O)O)C(CCN3CCCN(C(C)=O)CC3)C2)cc1. The van der Waals surface area contributed by atoms with Gasteiger partial charge in [-0.25, -0.2) is 0 Å². The lowest BCUT2D eigenvalue weighted by molar-refractivity contribution is -0.139. The van der Waals surface area contributed by atoms with E-state index < -0.39 is 5.97 Å². The van der Waals surface area contributed by atoms with E-state index >= 15 is 0 Å². The molecule has 2 unspecified atom stereocenters. The van der Waals surface area contributed by atoms with Crippen LogP contribution in [0, 0.1) is 11.8 Å². The molecule has 176 valence electrons. The minimum absolute atomic E-state index is 0.0155. The molecule has 8 nitrogen and oxygen atoms in total. The molecular weight excluding hydrogens is 410 g/mol. The van der Waals surface area contributed by atoms with Crippen molar-refractivity contribution >= 4 is 17.8 Å². The third-order valence-electron chi connectivity index (χ3n) is 6.80. The van der Waals surface area contributed by atoms with Gasteiger partial charge in [0, 0.05) is 51.6 Å². The summed E-state index contributed by atoms with van der Waals surface area (Å²) < 4.78 is 5.17. The second-order valence-electron chi connectivity index (χ2n) is 8.88. The summed E-state index contributed by atoms with van der Waals surface area (Å²) in [5.74, 6) is 0.260. The van der Waals surface area contributed by atoms with Crippen LogP contribution >= 0.6 is 0 Å². The van der Waals surface area contributed by atoms with Crippen molar-refractivity contribution in [2.24, 2.45) is 11.8 Å². The Hall–Kier alpha value is -2.61. The molecule has 0 radical (unpaired) electrons. The molecule has 2 amide bonds. The quantitative estimate of drug-likeness (QED) is 0.692. The van der Waals surface area contributed by atoms with Crippen LogP contribution < -0.4 is 4.74 Å². The number of likely N-dealkylation sites (tertiary alicyclic amines) is 1. The fourth-order valence-corrected chi connectivity index (χ4v) is 4.86. The number of benzene rings is 1. The molecule has 0 saturated carbocycles. The minimum Gasteiger partial charge on any atom is -0.497 e. The highest BCUT2D eigenvalue weighted by Gasteiger charge is 2.33. The highest BCUT2D eigenvalue weighted by Crippen LogP contribution is 2.30. The summed E-state index contributed by atoms with van der Waals surface area (Å²) in [6.07, 6.45) is 2.65. The van der Waals surface area contributed by atoms with Crippen LogP contribution in [0.3, 0.4) is 0 Å². The Balaban J connectivity index is 1.61. The smallest absolute Gasteiger partial charge is 0.303 e. The number of nitrogens with zero attached hydrogens (tertiary/aromatic N) is 3. The average molecular weight is 446 g/mol. The highest BCUT2D eigenvalue weighted by molar-refractivity contribution is 5.94. The van der Waals surface area contributed by atoms with Crippen LogP contribution in [-0.4, -0.2) is 90.5 Å². The molecule has 2 fully saturated rings. The lowest BCUT2D eigenvalue weighted by atomic mass is 9.81. The van der Waals surface area contributed by atoms with E-state index in [1.54, 1.807) is 38.3 Å². The van der Waals surface area contributed by atoms with Crippen molar-refractivity contribution in [1.29, 1.82) is 0 Å². The average Bonchev–Trinajstić information content (AvgIpc) is 3.03. The van der Waals surface area contributed by atoms with Gasteiger partial charge in [0.15, 0.2) is 0 Å². The molecule has 3 rings (SSSR count). The van der Waals surface area contributed by atoms with Gasteiger partial charge in [-0.1, -0.05) is 0 Å². The zero-order valence-electron chi connectivity index (χ0n) is 19.2. The van der Waals surface area contributed by atoms with Crippen molar-refractivity contribution < 1.29 is 24.2 Å². The summed E-state index contributed by atoms with van der Waals surface area (Å²) in [5.41, 5.74) is 0.623. The number of methoxy groups -OCH3 is 1. The number of piperidine rings is 1. The molecule has 0 aromatic heterocycles. The summed E-state index contributed by atoms with van der Waals surface area (Å²) in [7, 11) is 1.59. The van der Waals surface area contributed by atoms with Crippen molar-refractivity contribution in [3.05, 3.63) is 29.8 Å². The monoisotopic (exact) mass is 445 g/mol. The van der Waals surface area contributed by atoms with Crippen LogP contribution in [0.4, 0.5) is 0 Å². The van der Waals surface area contributed by atoms with Crippen molar-refractivity contribution in [1.82, 2.24) is 14.7 Å². The predicted octanol–water partition coefficient (Wildman–Crippen LogP) is 2.19. The number of amides is 2. The topological polar surface area (TPSA) is 90.4 Å². The molecule has 2 saturated heterocycles. The molecule has 0 spiro atoms. The van der Waals surface area contributed by atoms with E-state index in [0.29, 0.717) is 30.8 Å². The van der Waals surface area contributed by atoms with E-state index in [9.17, 15) is 19.5 Å². The molecule has 0 bridgehead atoms. The molecule has 0 aliphatic carbocycles. The zero-order valence-corrected chi connectivity index (χ0v) is 19.2. The standard InChI is InChI=1S/C24H35N3O5/c1-18(28)26-11-3-10-25(14-15-26)12-8-21-17-27(13-9-20(21)16-23(29)30)24(31)19-4-6-22(32-2)7-5-19/h4-7,20-21H,3,8-17H2,1-2H3,(H,29,30). The van der Waals surface area contributed by atoms with Crippen molar-refractivity contribution in [3.8, 4) is 5.75 Å². The first-order valence-corrected chi connectivity index (χ1v) is 11.5. The van der Waals surface area contributed by atoms with Crippen LogP contribution in [0.15, 0.2) is 24.3 Å². The van der Waals surface area contributed by atoms with Gasteiger partial charge in [-0.05, 0) is 68.5 Å². The normalized spacial score (nSPS) is 22.3. The number of ether oxygens (including phenoxy) is 1. The minimum atomic E-state index is -0.776. The van der Waals surface area contributed by atoms with Gasteiger partial charge in [0.1, 0.15) is 5.75 Å². The summed E-state index contributed by atoms with van der Waals surface area (Å²) in [6, 6.07) is 7.12. The first-order chi connectivity index (χ1) is 15.4. The third kappa shape index (κ3) is 6.45. The maximum Gasteiger partial charge on any atom is 0.303 e. The Bertz CT molecular complexity index is 797. The summed E-state index contributed by atoms with van der Waals surface area (Å²) in [4.78, 5) is 42.3. The third-order valence-corrected chi connectivity index (χ3v) is 6.80. The van der Waals surface area contributed by atoms with Crippen LogP contribution in [-0.2, 0) is 9.59 Å². The fourth-order valence-electron chi connectivity index (χ4n) is 4.86. The van der Waals surface area contributed by atoms with Gasteiger partial charge in [0.2, 0.25) is 5.91 Å². The maximum atomic E-state index is 13.0. The molecule has 2 aliphatic heterocycles. The molecule has 1 N–H and O–H groups in total. The number of hydrogen-bond acceptors (Lipinski definition) is 5. The number of carbonyl (C=O) groups is 3. The number of carbonyl (C=O) groups excluding carboxylic acids is 2. The van der Waals surface area contributed by atoms with Gasteiger partial charge < -0.3 is 24.5 Å². The summed E-state index contributed by atoms with van der Waals surface area (Å²) in [5, 5.41) is 9.38. The van der Waals surface area contributed by atoms with E-state index in [2.05, 4.69) is 4.90 Å². The van der Waals surface area contributed by atoms with Gasteiger partial charge in [0.25, 0.3) is 5.91 Å². The Morgan fingerprint density at radius 2 is 1.75 bits per heavy atom. The molecule has 2 aliphatic rings. The Morgan fingerprint density at radius 3 is 2.41 bits per heavy atom. The predicted molar refractivity (Wildman–Crippen MR) is 121 cm³/mol. The largest absolute Gasteiger partial charge is 0.497 e. The van der Waals surface area contributed by atoms with Gasteiger partial charge in [-0.2, -0.15) is 0 Å². The van der Waals surface area contributed by atoms with Crippen molar-refractivity contribution in [2.45, 2.75) is 32.6 Å². The van der Waals surface area contributed by atoms with Gasteiger partial charge in [0.05, 0.1) is 7.11 Å². The molecule has 8 heteroatoms. The van der Waals surface area contributed by atoms with E-state index in [1.165, 1.54) is 0 Å². The molecule has 1 aromatic carbocycles. The number of carboxylic acid groups (broad SMARTS) is 1. The molecule has 2 atom stereocenters. The van der Waals surface area contributed by atoms with Gasteiger partial charge >= 0.3 is 5.97 Å². The molecular formula is C24H35N3O5. The van der Waals surface area contributed by atoms with E-state index in [4.69, 9.17) is 4.74 Å². The van der Waals surface area contributed by atoms with E-state index in [1.807, 2.05) is 9.80 Å². The Morgan fingerprint density at radius 1 is 1.00 bits per heavy atom. The highest BCUT2D eigenvalue weighted by atomic mass is 16.5. The molecule has 32 heavy (non-hydrogen) atoms. The lowest BCUT2D eigenvalue weighted by Crippen LogP contribution is -2.45. The van der Waals surface area contributed by atoms with Crippen LogP contribution in [0.25, 0.3) is 0 Å².